The maximum atomic E-state index is 8.35. The van der Waals surface area contributed by atoms with Crippen molar-refractivity contribution < 1.29 is 18.1 Å². The summed E-state index contributed by atoms with van der Waals surface area (Å²) in [5, 5.41) is 5.40. The second-order valence-corrected chi connectivity index (χ2v) is 5.71. The number of nitrogens with one attached hydrogen (secondary N) is 1. The maximum Gasteiger partial charge on any atom is 0.500 e. The second-order valence-electron chi connectivity index (χ2n) is 2.98. The van der Waals surface area contributed by atoms with Crippen LogP contribution in [0, 0.1) is 5.41 Å². The van der Waals surface area contributed by atoms with Crippen molar-refractivity contribution in [1.29, 1.82) is 5.41 Å². The summed E-state index contributed by atoms with van der Waals surface area (Å²) in [5.41, 5.74) is 5.48. The van der Waals surface area contributed by atoms with Gasteiger partial charge in [0.15, 0.2) is 0 Å². The average Bonchev–Trinajstić information content (AvgIpc) is 2.29. The summed E-state index contributed by atoms with van der Waals surface area (Å²) < 4.78 is 17.0. The van der Waals surface area contributed by atoms with Gasteiger partial charge in [-0.15, -0.1) is 0 Å². The van der Waals surface area contributed by atoms with Crippen LogP contribution in [0.25, 0.3) is 0 Å². The van der Waals surface area contributed by atoms with Crippen molar-refractivity contribution >= 4 is 25.8 Å². The van der Waals surface area contributed by atoms with Crippen LogP contribution < -0.4 is 5.73 Å². The third-order valence-electron chi connectivity index (χ3n) is 1.78. The molecule has 0 radical (unpaired) electrons. The molecular formula is C10H28N2O4Si2. The zero-order valence-electron chi connectivity index (χ0n) is 11.0. The third-order valence-corrected chi connectivity index (χ3v) is 4.93. The largest absolute Gasteiger partial charge is 0.500 e. The lowest BCUT2D eigenvalue weighted by molar-refractivity contribution is 0.0710. The molecule has 6 nitrogen and oxygen atoms in total. The van der Waals surface area contributed by atoms with Gasteiger partial charge in [0.25, 0.3) is 0 Å². The molecule has 0 aromatic rings. The van der Waals surface area contributed by atoms with Gasteiger partial charge in [0, 0.05) is 25.9 Å². The highest BCUT2D eigenvalue weighted by Crippen LogP contribution is 2.17. The fraction of sp³-hybridized carbons (Fsp3) is 0.900. The van der Waals surface area contributed by atoms with Crippen molar-refractivity contribution in [2.24, 2.45) is 5.73 Å². The van der Waals surface area contributed by atoms with Crippen molar-refractivity contribution in [3.05, 3.63) is 0 Å². The smallest absolute Gasteiger partial charge is 0.374 e. The predicted molar refractivity (Wildman–Crippen MR) is 78.9 cm³/mol. The lowest BCUT2D eigenvalue weighted by atomic mass is 10.5. The Morgan fingerprint density at radius 1 is 1.11 bits per heavy atom. The Bertz CT molecular complexity index is 185. The topological polar surface area (TPSA) is 94.6 Å². The highest BCUT2D eigenvalue weighted by molar-refractivity contribution is 6.60. The fourth-order valence-corrected chi connectivity index (χ4v) is 3.96. The van der Waals surface area contributed by atoms with Gasteiger partial charge in [-0.25, -0.2) is 10.2 Å². The minimum Gasteiger partial charge on any atom is -0.374 e. The van der Waals surface area contributed by atoms with Crippen LogP contribution in [0.2, 0.25) is 6.04 Å². The molecule has 0 aromatic carbocycles. The quantitative estimate of drug-likeness (QED) is 0.350. The lowest BCUT2D eigenvalue weighted by Crippen LogP contribution is -2.46. The number of isocyanates is 1. The molecule has 0 fully saturated rings. The first kappa shape index (κ1) is 22.8. The van der Waals surface area contributed by atoms with Crippen molar-refractivity contribution in [3.63, 3.8) is 0 Å². The SMILES string of the molecule is CCO[Si](CCCN)(OCC)OCC.N=C=O.[SiH4]. The zero-order valence-corrected chi connectivity index (χ0v) is 12.0. The van der Waals surface area contributed by atoms with E-state index in [-0.39, 0.29) is 11.0 Å². The first-order valence-corrected chi connectivity index (χ1v) is 7.75. The summed E-state index contributed by atoms with van der Waals surface area (Å²) in [6.07, 6.45) is 1.65. The van der Waals surface area contributed by atoms with Crippen molar-refractivity contribution in [1.82, 2.24) is 0 Å². The van der Waals surface area contributed by atoms with E-state index in [0.717, 1.165) is 18.5 Å². The van der Waals surface area contributed by atoms with Crippen molar-refractivity contribution in [3.8, 4) is 0 Å². The molecule has 0 heterocycles. The predicted octanol–water partition coefficient (Wildman–Crippen LogP) is -0.167. The van der Waals surface area contributed by atoms with E-state index in [1.807, 2.05) is 20.8 Å². The van der Waals surface area contributed by atoms with Gasteiger partial charge in [-0.05, 0) is 44.7 Å². The first-order valence-electron chi connectivity index (χ1n) is 5.82. The Labute approximate surface area is 115 Å². The molecule has 0 aliphatic heterocycles. The summed E-state index contributed by atoms with van der Waals surface area (Å²) in [6.45, 7) is 8.44. The minimum absolute atomic E-state index is 0. The van der Waals surface area contributed by atoms with Gasteiger partial charge in [-0.1, -0.05) is 0 Å². The molecule has 18 heavy (non-hydrogen) atoms. The Kier molecular flexibility index (Phi) is 21.1. The minimum atomic E-state index is -2.40. The molecule has 3 N–H and O–H groups in total. The molecule has 0 spiro atoms. The van der Waals surface area contributed by atoms with Crippen LogP contribution in [0.3, 0.4) is 0 Å². The molecule has 0 atom stereocenters. The molecule has 0 saturated heterocycles. The van der Waals surface area contributed by atoms with E-state index >= 15 is 0 Å². The highest BCUT2D eigenvalue weighted by Gasteiger charge is 2.39. The molecule has 0 unspecified atom stereocenters. The van der Waals surface area contributed by atoms with Gasteiger partial charge in [-0.3, -0.25) is 0 Å². The molecule has 0 aliphatic rings. The van der Waals surface area contributed by atoms with Crippen molar-refractivity contribution in [2.45, 2.75) is 33.2 Å². The summed E-state index contributed by atoms with van der Waals surface area (Å²) in [7, 11) is -2.40. The Balaban J connectivity index is -0.000000507. The molecule has 0 amide bonds. The molecule has 8 heteroatoms. The molecule has 0 rings (SSSR count). The maximum absolute atomic E-state index is 8.35. The monoisotopic (exact) mass is 296 g/mol. The van der Waals surface area contributed by atoms with Gasteiger partial charge in [0.1, 0.15) is 0 Å². The molecule has 110 valence electrons. The van der Waals surface area contributed by atoms with Gasteiger partial charge in [0.2, 0.25) is 6.08 Å². The van der Waals surface area contributed by atoms with Crippen LogP contribution in [0.5, 0.6) is 0 Å². The normalized spacial score (nSPS) is 9.78. The molecular weight excluding hydrogens is 268 g/mol. The number of nitrogens with two attached hydrogens (primary N) is 1. The third kappa shape index (κ3) is 12.1. The van der Waals surface area contributed by atoms with Crippen molar-refractivity contribution in [2.75, 3.05) is 26.4 Å². The van der Waals surface area contributed by atoms with Crippen LogP contribution in [-0.4, -0.2) is 52.2 Å². The van der Waals surface area contributed by atoms with E-state index in [1.54, 1.807) is 0 Å². The Morgan fingerprint density at radius 2 is 1.44 bits per heavy atom. The Morgan fingerprint density at radius 3 is 1.67 bits per heavy atom. The number of rotatable bonds is 9. The van der Waals surface area contributed by atoms with Crippen LogP contribution in [0.4, 0.5) is 0 Å². The van der Waals surface area contributed by atoms with E-state index in [0.29, 0.717) is 26.4 Å². The van der Waals surface area contributed by atoms with Gasteiger partial charge in [-0.2, -0.15) is 0 Å². The number of carbonyl (C=O) groups excluding carboxylic acids is 1. The zero-order chi connectivity index (χ0) is 13.6. The lowest BCUT2D eigenvalue weighted by Gasteiger charge is -2.28. The summed E-state index contributed by atoms with van der Waals surface area (Å²) in [6, 6.07) is 0.818. The molecule has 0 bridgehead atoms. The summed E-state index contributed by atoms with van der Waals surface area (Å²) in [5.74, 6) is 0. The van der Waals surface area contributed by atoms with Gasteiger partial charge >= 0.3 is 8.80 Å². The Hall–Kier alpha value is -0.346. The number of hydrogen-bond donors (Lipinski definition) is 2. The molecule has 0 saturated carbocycles. The van der Waals surface area contributed by atoms with Crippen LogP contribution in [0.15, 0.2) is 0 Å². The van der Waals surface area contributed by atoms with Crippen LogP contribution in [0.1, 0.15) is 27.2 Å². The van der Waals surface area contributed by atoms with E-state index in [1.165, 1.54) is 0 Å². The van der Waals surface area contributed by atoms with Crippen LogP contribution in [-0.2, 0) is 18.1 Å². The number of hydrogen-bond acceptors (Lipinski definition) is 6. The van der Waals surface area contributed by atoms with E-state index < -0.39 is 8.80 Å². The van der Waals surface area contributed by atoms with Gasteiger partial charge < -0.3 is 19.0 Å². The van der Waals surface area contributed by atoms with E-state index in [4.69, 9.17) is 29.2 Å². The van der Waals surface area contributed by atoms with Gasteiger partial charge in [0.05, 0.1) is 0 Å². The molecule has 0 aliphatic carbocycles. The summed E-state index contributed by atoms with van der Waals surface area (Å²) in [4.78, 5) is 8.35. The second kappa shape index (κ2) is 16.7. The fourth-order valence-electron chi connectivity index (χ4n) is 1.32. The van der Waals surface area contributed by atoms with Crippen LogP contribution >= 0.6 is 0 Å². The van der Waals surface area contributed by atoms with E-state index in [9.17, 15) is 0 Å². The van der Waals surface area contributed by atoms with E-state index in [2.05, 4.69) is 0 Å². The molecule has 0 aromatic heterocycles. The average molecular weight is 297 g/mol. The highest BCUT2D eigenvalue weighted by atomic mass is 28.4. The first-order chi connectivity index (χ1) is 8.16. The summed E-state index contributed by atoms with van der Waals surface area (Å²) >= 11 is 0. The standard InChI is InChI=1S/C9H23NO3Si.CHNO.H4Si/c1-4-11-14(12-5-2,13-6-3)9-7-8-10;2-1-3;/h4-10H2,1-3H3;2H;1H4.